The van der Waals surface area contributed by atoms with Crippen LogP contribution in [0, 0.1) is 17.5 Å². The van der Waals surface area contributed by atoms with Crippen LogP contribution in [0.1, 0.15) is 18.9 Å². The second-order valence-corrected chi connectivity index (χ2v) is 5.90. The maximum atomic E-state index is 14.0. The predicted molar refractivity (Wildman–Crippen MR) is 78.9 cm³/mol. The Morgan fingerprint density at radius 1 is 1.00 bits per heavy atom. The third-order valence-electron chi connectivity index (χ3n) is 3.13. The summed E-state index contributed by atoms with van der Waals surface area (Å²) in [6.07, 6.45) is 1.40. The standard InChI is InChI=1S/C16H16F3NS/c1-2-12(20)7-10-3-6-15(14(19)8-10)21-16-9-11(17)4-5-13(16)18/h3-6,8-9,12H,2,7,20H2,1H3. The number of halogens is 3. The van der Waals surface area contributed by atoms with E-state index in [2.05, 4.69) is 0 Å². The minimum Gasteiger partial charge on any atom is -0.327 e. The first-order valence-corrected chi connectivity index (χ1v) is 7.48. The number of nitrogens with two attached hydrogens (primary N) is 1. The van der Waals surface area contributed by atoms with Gasteiger partial charge in [0.15, 0.2) is 0 Å². The zero-order valence-corrected chi connectivity index (χ0v) is 12.4. The molecule has 0 spiro atoms. The highest BCUT2D eigenvalue weighted by molar-refractivity contribution is 7.99. The second kappa shape index (κ2) is 7.00. The van der Waals surface area contributed by atoms with E-state index in [1.807, 2.05) is 6.92 Å². The maximum absolute atomic E-state index is 14.0. The Morgan fingerprint density at radius 2 is 1.76 bits per heavy atom. The van der Waals surface area contributed by atoms with Gasteiger partial charge in [0.2, 0.25) is 0 Å². The molecule has 0 bridgehead atoms. The summed E-state index contributed by atoms with van der Waals surface area (Å²) >= 11 is 0.867. The van der Waals surface area contributed by atoms with Gasteiger partial charge in [-0.1, -0.05) is 24.8 Å². The average Bonchev–Trinajstić information content (AvgIpc) is 2.45. The summed E-state index contributed by atoms with van der Waals surface area (Å²) in [7, 11) is 0. The van der Waals surface area contributed by atoms with Crippen LogP contribution >= 0.6 is 11.8 Å². The van der Waals surface area contributed by atoms with Gasteiger partial charge in [-0.05, 0) is 48.7 Å². The molecule has 0 aromatic heterocycles. The van der Waals surface area contributed by atoms with Crippen LogP contribution in [-0.4, -0.2) is 6.04 Å². The molecule has 0 aliphatic heterocycles. The van der Waals surface area contributed by atoms with E-state index in [-0.39, 0.29) is 15.8 Å². The fourth-order valence-electron chi connectivity index (χ4n) is 1.88. The predicted octanol–water partition coefficient (Wildman–Crippen LogP) is 4.53. The lowest BCUT2D eigenvalue weighted by Gasteiger charge is -2.10. The Balaban J connectivity index is 2.19. The highest BCUT2D eigenvalue weighted by Gasteiger charge is 2.11. The van der Waals surface area contributed by atoms with Crippen molar-refractivity contribution < 1.29 is 13.2 Å². The van der Waals surface area contributed by atoms with Crippen molar-refractivity contribution >= 4 is 11.8 Å². The molecule has 112 valence electrons. The van der Waals surface area contributed by atoms with Gasteiger partial charge in [-0.25, -0.2) is 13.2 Å². The van der Waals surface area contributed by atoms with Crippen LogP contribution in [0.15, 0.2) is 46.2 Å². The number of benzene rings is 2. The van der Waals surface area contributed by atoms with Gasteiger partial charge < -0.3 is 5.73 Å². The Labute approximate surface area is 126 Å². The summed E-state index contributed by atoms with van der Waals surface area (Å²) in [5.41, 5.74) is 6.63. The van der Waals surface area contributed by atoms with E-state index >= 15 is 0 Å². The average molecular weight is 311 g/mol. The molecule has 1 atom stereocenters. The fraction of sp³-hybridized carbons (Fsp3) is 0.250. The molecule has 0 aliphatic carbocycles. The summed E-state index contributed by atoms with van der Waals surface area (Å²) < 4.78 is 40.7. The number of hydrogen-bond donors (Lipinski definition) is 1. The van der Waals surface area contributed by atoms with Gasteiger partial charge in [0.25, 0.3) is 0 Å². The fourth-order valence-corrected chi connectivity index (χ4v) is 2.74. The first-order chi connectivity index (χ1) is 9.99. The molecule has 0 amide bonds. The number of rotatable bonds is 5. The van der Waals surface area contributed by atoms with Crippen molar-refractivity contribution in [3.8, 4) is 0 Å². The van der Waals surface area contributed by atoms with Crippen LogP contribution < -0.4 is 5.73 Å². The van der Waals surface area contributed by atoms with Crippen molar-refractivity contribution in [1.29, 1.82) is 0 Å². The van der Waals surface area contributed by atoms with Crippen LogP contribution in [0.3, 0.4) is 0 Å². The topological polar surface area (TPSA) is 26.0 Å². The molecule has 0 saturated carbocycles. The molecule has 1 nitrogen and oxygen atoms in total. The van der Waals surface area contributed by atoms with E-state index in [0.29, 0.717) is 6.42 Å². The van der Waals surface area contributed by atoms with Crippen LogP contribution in [-0.2, 0) is 6.42 Å². The molecular formula is C16H16F3NS. The van der Waals surface area contributed by atoms with Crippen LogP contribution in [0.2, 0.25) is 0 Å². The van der Waals surface area contributed by atoms with Gasteiger partial charge in [0, 0.05) is 10.9 Å². The van der Waals surface area contributed by atoms with E-state index in [0.717, 1.165) is 41.9 Å². The lowest BCUT2D eigenvalue weighted by molar-refractivity contribution is 0.575. The quantitative estimate of drug-likeness (QED) is 0.877. The summed E-state index contributed by atoms with van der Waals surface area (Å²) in [4.78, 5) is 0.320. The largest absolute Gasteiger partial charge is 0.327 e. The Morgan fingerprint density at radius 3 is 2.43 bits per heavy atom. The zero-order valence-electron chi connectivity index (χ0n) is 11.6. The molecule has 0 fully saturated rings. The highest BCUT2D eigenvalue weighted by atomic mass is 32.2. The van der Waals surface area contributed by atoms with E-state index < -0.39 is 17.5 Å². The van der Waals surface area contributed by atoms with Crippen molar-refractivity contribution in [3.63, 3.8) is 0 Å². The molecule has 0 saturated heterocycles. The summed E-state index contributed by atoms with van der Waals surface area (Å²) in [5.74, 6) is -1.58. The molecule has 2 rings (SSSR count). The molecule has 21 heavy (non-hydrogen) atoms. The highest BCUT2D eigenvalue weighted by Crippen LogP contribution is 2.32. The minimum absolute atomic E-state index is 0.0106. The molecular weight excluding hydrogens is 295 g/mol. The van der Waals surface area contributed by atoms with Crippen molar-refractivity contribution in [2.45, 2.75) is 35.6 Å². The van der Waals surface area contributed by atoms with E-state index in [9.17, 15) is 13.2 Å². The monoisotopic (exact) mass is 311 g/mol. The molecule has 2 N–H and O–H groups in total. The Hall–Kier alpha value is -1.46. The maximum Gasteiger partial charge on any atom is 0.137 e. The van der Waals surface area contributed by atoms with Gasteiger partial charge in [-0.3, -0.25) is 0 Å². The van der Waals surface area contributed by atoms with Gasteiger partial charge >= 0.3 is 0 Å². The van der Waals surface area contributed by atoms with Crippen LogP contribution in [0.4, 0.5) is 13.2 Å². The van der Waals surface area contributed by atoms with Crippen LogP contribution in [0.25, 0.3) is 0 Å². The molecule has 1 unspecified atom stereocenters. The minimum atomic E-state index is -0.571. The molecule has 0 aliphatic rings. The Bertz CT molecular complexity index is 631. The van der Waals surface area contributed by atoms with Crippen molar-refractivity contribution in [2.24, 2.45) is 5.73 Å². The van der Waals surface area contributed by atoms with Gasteiger partial charge in [-0.2, -0.15) is 0 Å². The smallest absolute Gasteiger partial charge is 0.137 e. The SMILES string of the molecule is CCC(N)Cc1ccc(Sc2cc(F)ccc2F)c(F)c1. The van der Waals surface area contributed by atoms with Gasteiger partial charge in [-0.15, -0.1) is 0 Å². The van der Waals surface area contributed by atoms with E-state index in [1.54, 1.807) is 12.1 Å². The van der Waals surface area contributed by atoms with Crippen molar-refractivity contribution in [2.75, 3.05) is 0 Å². The first kappa shape index (κ1) is 15.9. The zero-order chi connectivity index (χ0) is 15.4. The first-order valence-electron chi connectivity index (χ1n) is 6.66. The molecule has 2 aromatic carbocycles. The normalized spacial score (nSPS) is 12.4. The van der Waals surface area contributed by atoms with Gasteiger partial charge in [0.1, 0.15) is 17.5 Å². The van der Waals surface area contributed by atoms with Gasteiger partial charge in [0.05, 0.1) is 4.90 Å². The van der Waals surface area contributed by atoms with E-state index in [4.69, 9.17) is 5.73 Å². The summed E-state index contributed by atoms with van der Waals surface area (Å²) in [6, 6.07) is 7.84. The molecule has 0 heterocycles. The van der Waals surface area contributed by atoms with Crippen LogP contribution in [0.5, 0.6) is 0 Å². The van der Waals surface area contributed by atoms with Crippen molar-refractivity contribution in [3.05, 3.63) is 59.4 Å². The lowest BCUT2D eigenvalue weighted by Crippen LogP contribution is -2.21. The third kappa shape index (κ3) is 4.25. The van der Waals surface area contributed by atoms with E-state index in [1.165, 1.54) is 6.07 Å². The third-order valence-corrected chi connectivity index (χ3v) is 4.22. The lowest BCUT2D eigenvalue weighted by atomic mass is 10.0. The number of hydrogen-bond acceptors (Lipinski definition) is 2. The Kier molecular flexibility index (Phi) is 5.31. The molecule has 2 aromatic rings. The molecule has 0 radical (unpaired) electrons. The summed E-state index contributed by atoms with van der Waals surface area (Å²) in [6.45, 7) is 1.97. The summed E-state index contributed by atoms with van der Waals surface area (Å²) in [5, 5.41) is 0. The molecule has 5 heteroatoms. The second-order valence-electron chi connectivity index (χ2n) is 4.81. The van der Waals surface area contributed by atoms with Crippen molar-refractivity contribution in [1.82, 2.24) is 0 Å².